The quantitative estimate of drug-likeness (QED) is 0.668. The van der Waals surface area contributed by atoms with Gasteiger partial charge in [0.15, 0.2) is 0 Å². The van der Waals surface area contributed by atoms with Gasteiger partial charge in [-0.25, -0.2) is 0 Å². The van der Waals surface area contributed by atoms with Crippen LogP contribution in [0, 0.1) is 5.41 Å². The Labute approximate surface area is 74.8 Å². The van der Waals surface area contributed by atoms with Crippen molar-refractivity contribution in [2.45, 2.75) is 26.2 Å². The molecule has 0 amide bonds. The van der Waals surface area contributed by atoms with Crippen molar-refractivity contribution in [1.29, 1.82) is 0 Å². The van der Waals surface area contributed by atoms with Crippen molar-refractivity contribution in [2.75, 3.05) is 19.7 Å². The Balaban J connectivity index is 0.000001000. The van der Waals surface area contributed by atoms with Crippen molar-refractivity contribution in [3.8, 4) is 0 Å². The van der Waals surface area contributed by atoms with Gasteiger partial charge in [-0.2, -0.15) is 0 Å². The Bertz CT molecular complexity index is 96.3. The molecule has 0 saturated carbocycles. The standard InChI is InChI=1S/C8H17NO.ClH/c1-2-8(7-10)3-5-9-6-4-8;/h9-10H,2-7H2,1H3;1H. The number of hydrogen-bond acceptors (Lipinski definition) is 2. The maximum absolute atomic E-state index is 9.11. The summed E-state index contributed by atoms with van der Waals surface area (Å²) in [6.45, 7) is 4.69. The Kier molecular flexibility index (Phi) is 5.06. The third-order valence-electron chi connectivity index (χ3n) is 2.75. The highest BCUT2D eigenvalue weighted by Gasteiger charge is 2.28. The molecule has 0 spiro atoms. The molecule has 0 atom stereocenters. The lowest BCUT2D eigenvalue weighted by Gasteiger charge is -2.34. The summed E-state index contributed by atoms with van der Waals surface area (Å²) in [5.41, 5.74) is 0.255. The van der Waals surface area contributed by atoms with Gasteiger partial charge >= 0.3 is 0 Å². The predicted octanol–water partition coefficient (Wildman–Crippen LogP) is 1.18. The SMILES string of the molecule is CCC1(CO)CCNCC1.Cl. The van der Waals surface area contributed by atoms with E-state index in [1.165, 1.54) is 0 Å². The van der Waals surface area contributed by atoms with Gasteiger partial charge in [-0.05, 0) is 37.8 Å². The topological polar surface area (TPSA) is 32.3 Å². The van der Waals surface area contributed by atoms with Gasteiger partial charge in [0.05, 0.1) is 0 Å². The second kappa shape index (κ2) is 4.96. The van der Waals surface area contributed by atoms with Crippen LogP contribution in [0.3, 0.4) is 0 Å². The lowest BCUT2D eigenvalue weighted by molar-refractivity contribution is 0.0853. The number of nitrogens with one attached hydrogen (secondary N) is 1. The fraction of sp³-hybridized carbons (Fsp3) is 1.00. The maximum Gasteiger partial charge on any atom is 0.0488 e. The summed E-state index contributed by atoms with van der Waals surface area (Å²) in [6, 6.07) is 0. The van der Waals surface area contributed by atoms with Gasteiger partial charge in [0.2, 0.25) is 0 Å². The van der Waals surface area contributed by atoms with Crippen LogP contribution in [0.15, 0.2) is 0 Å². The Hall–Kier alpha value is 0.210. The molecule has 68 valence electrons. The molecular formula is C8H18ClNO. The molecule has 3 heteroatoms. The number of hydrogen-bond donors (Lipinski definition) is 2. The third kappa shape index (κ3) is 2.62. The van der Waals surface area contributed by atoms with E-state index in [9.17, 15) is 0 Å². The molecule has 0 aromatic rings. The first-order valence-electron chi connectivity index (χ1n) is 4.14. The van der Waals surface area contributed by atoms with Crippen LogP contribution in [0.4, 0.5) is 0 Å². The van der Waals surface area contributed by atoms with Crippen LogP contribution in [-0.4, -0.2) is 24.8 Å². The van der Waals surface area contributed by atoms with Crippen molar-refractivity contribution in [3.05, 3.63) is 0 Å². The molecule has 11 heavy (non-hydrogen) atoms. The molecule has 1 aliphatic rings. The number of piperidine rings is 1. The second-order valence-electron chi connectivity index (χ2n) is 3.26. The lowest BCUT2D eigenvalue weighted by Crippen LogP contribution is -2.38. The summed E-state index contributed by atoms with van der Waals surface area (Å²) in [7, 11) is 0. The summed E-state index contributed by atoms with van der Waals surface area (Å²) >= 11 is 0. The summed E-state index contributed by atoms with van der Waals surface area (Å²) in [4.78, 5) is 0. The molecule has 1 rings (SSSR count). The number of halogens is 1. The van der Waals surface area contributed by atoms with Crippen LogP contribution in [0.25, 0.3) is 0 Å². The van der Waals surface area contributed by atoms with E-state index in [4.69, 9.17) is 5.11 Å². The number of rotatable bonds is 2. The van der Waals surface area contributed by atoms with Crippen LogP contribution in [-0.2, 0) is 0 Å². The van der Waals surface area contributed by atoms with Crippen molar-refractivity contribution < 1.29 is 5.11 Å². The van der Waals surface area contributed by atoms with E-state index < -0.39 is 0 Å². The zero-order valence-electron chi connectivity index (χ0n) is 7.10. The van der Waals surface area contributed by atoms with Gasteiger partial charge in [-0.15, -0.1) is 12.4 Å². The van der Waals surface area contributed by atoms with Crippen LogP contribution in [0.5, 0.6) is 0 Å². The van der Waals surface area contributed by atoms with E-state index in [1.807, 2.05) is 0 Å². The third-order valence-corrected chi connectivity index (χ3v) is 2.75. The summed E-state index contributed by atoms with van der Waals surface area (Å²) in [5, 5.41) is 12.4. The zero-order chi connectivity index (χ0) is 7.45. The van der Waals surface area contributed by atoms with Crippen LogP contribution >= 0.6 is 12.4 Å². The molecular weight excluding hydrogens is 162 g/mol. The summed E-state index contributed by atoms with van der Waals surface area (Å²) < 4.78 is 0. The van der Waals surface area contributed by atoms with Crippen molar-refractivity contribution in [3.63, 3.8) is 0 Å². The molecule has 1 saturated heterocycles. The predicted molar refractivity (Wildman–Crippen MR) is 49.2 cm³/mol. The van der Waals surface area contributed by atoms with E-state index in [-0.39, 0.29) is 17.8 Å². The molecule has 0 bridgehead atoms. The molecule has 0 aliphatic carbocycles. The highest BCUT2D eigenvalue weighted by atomic mass is 35.5. The molecule has 1 aliphatic heterocycles. The monoisotopic (exact) mass is 179 g/mol. The first-order valence-corrected chi connectivity index (χ1v) is 4.14. The summed E-state index contributed by atoms with van der Waals surface area (Å²) in [5.74, 6) is 0. The van der Waals surface area contributed by atoms with Crippen molar-refractivity contribution in [1.82, 2.24) is 5.32 Å². The summed E-state index contributed by atoms with van der Waals surface area (Å²) in [6.07, 6.45) is 3.39. The average molecular weight is 180 g/mol. The number of aliphatic hydroxyl groups excluding tert-OH is 1. The maximum atomic E-state index is 9.11. The van der Waals surface area contributed by atoms with Gasteiger partial charge in [0.1, 0.15) is 0 Å². The Morgan fingerprint density at radius 1 is 1.36 bits per heavy atom. The van der Waals surface area contributed by atoms with E-state index in [1.54, 1.807) is 0 Å². The van der Waals surface area contributed by atoms with Crippen molar-refractivity contribution >= 4 is 12.4 Å². The van der Waals surface area contributed by atoms with Gasteiger partial charge in [0.25, 0.3) is 0 Å². The minimum atomic E-state index is 0. The molecule has 0 radical (unpaired) electrons. The van der Waals surface area contributed by atoms with Crippen molar-refractivity contribution in [2.24, 2.45) is 5.41 Å². The van der Waals surface area contributed by atoms with Gasteiger partial charge < -0.3 is 10.4 Å². The minimum absolute atomic E-state index is 0. The Morgan fingerprint density at radius 2 is 1.91 bits per heavy atom. The lowest BCUT2D eigenvalue weighted by atomic mass is 9.78. The zero-order valence-corrected chi connectivity index (χ0v) is 7.91. The van der Waals surface area contributed by atoms with Crippen LogP contribution < -0.4 is 5.32 Å². The molecule has 2 nitrogen and oxygen atoms in total. The molecule has 0 aromatic heterocycles. The fourth-order valence-electron chi connectivity index (χ4n) is 1.58. The molecule has 0 aromatic carbocycles. The minimum Gasteiger partial charge on any atom is -0.396 e. The van der Waals surface area contributed by atoms with E-state index in [2.05, 4.69) is 12.2 Å². The van der Waals surface area contributed by atoms with E-state index in [0.717, 1.165) is 32.4 Å². The van der Waals surface area contributed by atoms with E-state index in [0.29, 0.717) is 6.61 Å². The van der Waals surface area contributed by atoms with Crippen LogP contribution in [0.1, 0.15) is 26.2 Å². The van der Waals surface area contributed by atoms with E-state index >= 15 is 0 Å². The van der Waals surface area contributed by atoms with Gasteiger partial charge in [-0.1, -0.05) is 6.92 Å². The first kappa shape index (κ1) is 11.2. The number of aliphatic hydroxyl groups is 1. The highest BCUT2D eigenvalue weighted by Crippen LogP contribution is 2.31. The smallest absolute Gasteiger partial charge is 0.0488 e. The first-order chi connectivity index (χ1) is 4.83. The molecule has 0 unspecified atom stereocenters. The highest BCUT2D eigenvalue weighted by molar-refractivity contribution is 5.85. The average Bonchev–Trinajstić information content (AvgIpc) is 2.06. The second-order valence-corrected chi connectivity index (χ2v) is 3.26. The molecule has 1 fully saturated rings. The van der Waals surface area contributed by atoms with Gasteiger partial charge in [0, 0.05) is 6.61 Å². The Morgan fingerprint density at radius 3 is 2.18 bits per heavy atom. The molecule has 1 heterocycles. The van der Waals surface area contributed by atoms with Gasteiger partial charge in [-0.3, -0.25) is 0 Å². The molecule has 2 N–H and O–H groups in total. The largest absolute Gasteiger partial charge is 0.396 e. The normalized spacial score (nSPS) is 22.4. The fourth-order valence-corrected chi connectivity index (χ4v) is 1.58. The van der Waals surface area contributed by atoms with Crippen LogP contribution in [0.2, 0.25) is 0 Å².